The van der Waals surface area contributed by atoms with E-state index in [1.807, 2.05) is 0 Å². The molecule has 0 heterocycles. The Labute approximate surface area is 388 Å². The molecule has 63 heavy (non-hydrogen) atoms. The second-order valence-electron chi connectivity index (χ2n) is 17.0. The maximum Gasteiger partial charge on any atom is 0.306 e. The monoisotopic (exact) mass is 877 g/mol. The molecular weight excluding hydrogens is 781 g/mol. The van der Waals surface area contributed by atoms with Crippen molar-refractivity contribution in [3.8, 4) is 0 Å². The van der Waals surface area contributed by atoms with E-state index >= 15 is 0 Å². The lowest BCUT2D eigenvalue weighted by Gasteiger charge is -2.18. The van der Waals surface area contributed by atoms with Gasteiger partial charge in [-0.3, -0.25) is 14.4 Å². The van der Waals surface area contributed by atoms with Crippen molar-refractivity contribution in [1.29, 1.82) is 0 Å². The van der Waals surface area contributed by atoms with Crippen molar-refractivity contribution in [3.63, 3.8) is 0 Å². The summed E-state index contributed by atoms with van der Waals surface area (Å²) in [7, 11) is 0. The van der Waals surface area contributed by atoms with Gasteiger partial charge in [0.05, 0.1) is 0 Å². The first kappa shape index (κ1) is 59.6. The number of unbranched alkanes of at least 4 members (excludes halogenated alkanes) is 21. The average Bonchev–Trinajstić information content (AvgIpc) is 3.28. The predicted octanol–water partition coefficient (Wildman–Crippen LogP) is 17.2. The summed E-state index contributed by atoms with van der Waals surface area (Å²) in [6.07, 6.45) is 65.6. The second kappa shape index (κ2) is 51.2. The van der Waals surface area contributed by atoms with E-state index in [0.29, 0.717) is 19.3 Å². The Bertz CT molecular complexity index is 1240. The van der Waals surface area contributed by atoms with Gasteiger partial charge >= 0.3 is 17.9 Å². The van der Waals surface area contributed by atoms with Crippen molar-refractivity contribution >= 4 is 17.9 Å². The molecule has 1 atom stereocenters. The summed E-state index contributed by atoms with van der Waals surface area (Å²) < 4.78 is 16.8. The maximum absolute atomic E-state index is 12.8. The molecule has 0 aliphatic heterocycles. The zero-order chi connectivity index (χ0) is 45.8. The first-order chi connectivity index (χ1) is 31.0. The highest BCUT2D eigenvalue weighted by Gasteiger charge is 2.19. The molecule has 360 valence electrons. The molecule has 0 aliphatic carbocycles. The molecule has 0 saturated carbocycles. The number of hydrogen-bond acceptors (Lipinski definition) is 6. The van der Waals surface area contributed by atoms with E-state index in [1.54, 1.807) is 0 Å². The normalized spacial score (nSPS) is 12.7. The third-order valence-electron chi connectivity index (χ3n) is 10.9. The smallest absolute Gasteiger partial charge is 0.306 e. The second-order valence-corrected chi connectivity index (χ2v) is 17.0. The Morgan fingerprint density at radius 2 is 0.619 bits per heavy atom. The minimum absolute atomic E-state index is 0.0960. The Morgan fingerprint density at radius 1 is 0.333 bits per heavy atom. The molecule has 6 nitrogen and oxygen atoms in total. The van der Waals surface area contributed by atoms with Crippen LogP contribution in [0.1, 0.15) is 239 Å². The minimum atomic E-state index is -0.798. The fourth-order valence-electron chi connectivity index (χ4n) is 6.93. The molecule has 6 heteroatoms. The van der Waals surface area contributed by atoms with Gasteiger partial charge in [-0.1, -0.05) is 189 Å². The third kappa shape index (κ3) is 49.5. The van der Waals surface area contributed by atoms with Crippen LogP contribution >= 0.6 is 0 Å². The molecule has 0 rings (SSSR count). The van der Waals surface area contributed by atoms with Crippen LogP contribution in [0.25, 0.3) is 0 Å². The van der Waals surface area contributed by atoms with Gasteiger partial charge in [0.1, 0.15) is 13.2 Å². The topological polar surface area (TPSA) is 78.9 Å². The quantitative estimate of drug-likeness (QED) is 0.0262. The van der Waals surface area contributed by atoms with E-state index in [4.69, 9.17) is 14.2 Å². The van der Waals surface area contributed by atoms with E-state index in [-0.39, 0.29) is 31.1 Å². The van der Waals surface area contributed by atoms with Gasteiger partial charge in [0.2, 0.25) is 0 Å². The lowest BCUT2D eigenvalue weighted by molar-refractivity contribution is -0.167. The van der Waals surface area contributed by atoms with Gasteiger partial charge in [-0.05, 0) is 116 Å². The Balaban J connectivity index is 4.48. The zero-order valence-corrected chi connectivity index (χ0v) is 41.1. The van der Waals surface area contributed by atoms with Crippen molar-refractivity contribution in [1.82, 2.24) is 0 Å². The predicted molar refractivity (Wildman–Crippen MR) is 270 cm³/mol. The van der Waals surface area contributed by atoms with Crippen molar-refractivity contribution in [2.45, 2.75) is 245 Å². The van der Waals surface area contributed by atoms with Crippen LogP contribution in [0.3, 0.4) is 0 Å². The van der Waals surface area contributed by atoms with Gasteiger partial charge in [0, 0.05) is 19.3 Å². The van der Waals surface area contributed by atoms with Gasteiger partial charge in [-0.25, -0.2) is 0 Å². The number of esters is 3. The highest BCUT2D eigenvalue weighted by atomic mass is 16.6. The maximum atomic E-state index is 12.8. The summed E-state index contributed by atoms with van der Waals surface area (Å²) in [4.78, 5) is 38.0. The Hall–Kier alpha value is -3.41. The van der Waals surface area contributed by atoms with Crippen molar-refractivity contribution in [3.05, 3.63) is 85.1 Å². The highest BCUT2D eigenvalue weighted by molar-refractivity contribution is 5.71. The van der Waals surface area contributed by atoms with Gasteiger partial charge in [-0.2, -0.15) is 0 Å². The van der Waals surface area contributed by atoms with E-state index in [9.17, 15) is 14.4 Å². The third-order valence-corrected chi connectivity index (χ3v) is 10.9. The van der Waals surface area contributed by atoms with Gasteiger partial charge < -0.3 is 14.2 Å². The number of carbonyl (C=O) groups excluding carboxylic acids is 3. The van der Waals surface area contributed by atoms with Crippen LogP contribution in [-0.4, -0.2) is 37.2 Å². The molecule has 0 aliphatic rings. The number of rotatable bonds is 46. The molecule has 0 unspecified atom stereocenters. The summed E-state index contributed by atoms with van der Waals surface area (Å²) in [5, 5.41) is 0. The largest absolute Gasteiger partial charge is 0.462 e. The van der Waals surface area contributed by atoms with Crippen LogP contribution in [0.15, 0.2) is 85.1 Å². The molecule has 0 aromatic carbocycles. The minimum Gasteiger partial charge on any atom is -0.462 e. The number of carbonyl (C=O) groups is 3. The molecule has 0 radical (unpaired) electrons. The molecule has 0 fully saturated rings. The van der Waals surface area contributed by atoms with Crippen molar-refractivity contribution in [2.75, 3.05) is 13.2 Å². The summed E-state index contributed by atoms with van der Waals surface area (Å²) in [5.74, 6) is -0.943. The number of ether oxygens (including phenoxy) is 3. The molecular formula is C57H96O6. The fourth-order valence-corrected chi connectivity index (χ4v) is 6.93. The van der Waals surface area contributed by atoms with E-state index in [1.165, 1.54) is 70.6 Å². The summed E-state index contributed by atoms with van der Waals surface area (Å²) in [5.41, 5.74) is 0. The number of hydrogen-bond donors (Lipinski definition) is 0. The van der Waals surface area contributed by atoms with Crippen molar-refractivity contribution < 1.29 is 28.6 Å². The standard InChI is InChI=1S/C57H96O6/c1-4-7-10-13-16-19-22-25-27-28-30-33-36-39-42-45-48-51-57(60)63-54(52-61-55(58)49-46-43-40-37-34-31-24-21-18-15-12-9-6-3)53-62-56(59)50-47-44-41-38-35-32-29-26-23-20-17-14-11-8-5-2/h7,10,16-17,19-21,24-27,29-30,33,54H,4-6,8-9,11-15,18,22-23,28,31-32,34-53H2,1-3H3/b10-7-,19-16-,20-17-,24-21-,27-25-,29-26-,33-30-/t54-/m0/s1. The Morgan fingerprint density at radius 3 is 1.02 bits per heavy atom. The van der Waals surface area contributed by atoms with Crippen LogP contribution in [0, 0.1) is 0 Å². The van der Waals surface area contributed by atoms with Gasteiger partial charge in [0.15, 0.2) is 6.10 Å². The molecule has 0 bridgehead atoms. The summed E-state index contributed by atoms with van der Waals surface area (Å²) in [6.45, 7) is 6.44. The average molecular weight is 877 g/mol. The van der Waals surface area contributed by atoms with Crippen molar-refractivity contribution in [2.24, 2.45) is 0 Å². The highest BCUT2D eigenvalue weighted by Crippen LogP contribution is 2.13. The fraction of sp³-hybridized carbons (Fsp3) is 0.702. The molecule has 0 spiro atoms. The SMILES string of the molecule is CC/C=C\C/C=C\C/C=C\C/C=C\CCCCCCC(=O)O[C@H](COC(=O)CCCCCCC/C=C\C/C=C\CCCCC)COC(=O)CCCCCCC/C=C\CCCCCC. The van der Waals surface area contributed by atoms with Gasteiger partial charge in [0.25, 0.3) is 0 Å². The molecule has 0 saturated heterocycles. The molecule has 0 N–H and O–H groups in total. The number of allylic oxidation sites excluding steroid dienone is 14. The van der Waals surface area contributed by atoms with E-state index < -0.39 is 6.10 Å². The first-order valence-electron chi connectivity index (χ1n) is 26.1. The summed E-state index contributed by atoms with van der Waals surface area (Å²) >= 11 is 0. The zero-order valence-electron chi connectivity index (χ0n) is 41.1. The van der Waals surface area contributed by atoms with Crippen LogP contribution < -0.4 is 0 Å². The van der Waals surface area contributed by atoms with Crippen LogP contribution in [0.2, 0.25) is 0 Å². The van der Waals surface area contributed by atoms with Crippen LogP contribution in [-0.2, 0) is 28.6 Å². The first-order valence-corrected chi connectivity index (χ1v) is 26.1. The molecule has 0 amide bonds. The van der Waals surface area contributed by atoms with E-state index in [0.717, 1.165) is 128 Å². The van der Waals surface area contributed by atoms with Gasteiger partial charge in [-0.15, -0.1) is 0 Å². The lowest BCUT2D eigenvalue weighted by Crippen LogP contribution is -2.30. The van der Waals surface area contributed by atoms with E-state index in [2.05, 4.69) is 106 Å². The molecule has 0 aromatic rings. The lowest BCUT2D eigenvalue weighted by atomic mass is 10.1. The summed E-state index contributed by atoms with van der Waals surface area (Å²) in [6, 6.07) is 0. The molecule has 0 aromatic heterocycles. The Kier molecular flexibility index (Phi) is 48.5. The van der Waals surface area contributed by atoms with Crippen LogP contribution in [0.4, 0.5) is 0 Å². The van der Waals surface area contributed by atoms with Crippen LogP contribution in [0.5, 0.6) is 0 Å².